The highest BCUT2D eigenvalue weighted by molar-refractivity contribution is 7.18. The third kappa shape index (κ3) is 4.72. The molecule has 0 bridgehead atoms. The Morgan fingerprint density at radius 2 is 1.72 bits per heavy atom. The minimum atomic E-state index is -0.503. The van der Waals surface area contributed by atoms with Gasteiger partial charge in [0, 0.05) is 17.7 Å². The Morgan fingerprint density at radius 1 is 1.03 bits per heavy atom. The van der Waals surface area contributed by atoms with Crippen molar-refractivity contribution in [2.45, 2.75) is 52.0 Å². The highest BCUT2D eigenvalue weighted by Crippen LogP contribution is 2.28. The Kier molecular flexibility index (Phi) is 6.11. The van der Waals surface area contributed by atoms with Gasteiger partial charge in [0.05, 0.1) is 0 Å². The summed E-state index contributed by atoms with van der Waals surface area (Å²) in [4.78, 5) is 27.8. The summed E-state index contributed by atoms with van der Waals surface area (Å²) < 4.78 is 0. The number of amides is 2. The molecule has 2 heterocycles. The maximum absolute atomic E-state index is 13.1. The van der Waals surface area contributed by atoms with Crippen molar-refractivity contribution in [3.05, 3.63) is 65.2 Å². The number of aromatic nitrogens is 2. The van der Waals surface area contributed by atoms with Crippen LogP contribution < -0.4 is 5.32 Å². The fraction of sp³-hybridized carbons (Fsp3) is 0.360. The minimum Gasteiger partial charge on any atom is -0.327 e. The monoisotopic (exact) mass is 448 g/mol. The molecule has 1 aromatic heterocycles. The second-order valence-electron chi connectivity index (χ2n) is 9.25. The molecule has 32 heavy (non-hydrogen) atoms. The van der Waals surface area contributed by atoms with Crippen LogP contribution in [0.2, 0.25) is 0 Å². The molecule has 166 valence electrons. The van der Waals surface area contributed by atoms with Crippen LogP contribution in [0.4, 0.5) is 5.13 Å². The van der Waals surface area contributed by atoms with Crippen LogP contribution in [0.1, 0.15) is 55.1 Å². The van der Waals surface area contributed by atoms with E-state index in [1.807, 2.05) is 55.5 Å². The Labute approximate surface area is 192 Å². The van der Waals surface area contributed by atoms with Crippen molar-refractivity contribution in [2.75, 3.05) is 11.9 Å². The van der Waals surface area contributed by atoms with E-state index in [1.165, 1.54) is 22.5 Å². The topological polar surface area (TPSA) is 75.2 Å². The molecule has 6 nitrogen and oxygen atoms in total. The van der Waals surface area contributed by atoms with Crippen molar-refractivity contribution in [2.24, 2.45) is 0 Å². The van der Waals surface area contributed by atoms with Crippen LogP contribution in [0.25, 0.3) is 10.6 Å². The molecule has 0 radical (unpaired) electrons. The summed E-state index contributed by atoms with van der Waals surface area (Å²) in [5.74, 6) is -0.325. The average Bonchev–Trinajstić information content (AvgIpc) is 3.43. The van der Waals surface area contributed by atoms with E-state index in [4.69, 9.17) is 0 Å². The maximum atomic E-state index is 13.1. The zero-order valence-electron chi connectivity index (χ0n) is 18.9. The molecule has 2 aromatic carbocycles. The minimum absolute atomic E-state index is 0.0246. The molecule has 4 rings (SSSR count). The van der Waals surface area contributed by atoms with Crippen LogP contribution >= 0.6 is 11.3 Å². The van der Waals surface area contributed by atoms with Gasteiger partial charge in [-0.05, 0) is 42.9 Å². The number of likely N-dealkylation sites (tertiary alicyclic amines) is 1. The van der Waals surface area contributed by atoms with Crippen molar-refractivity contribution in [1.29, 1.82) is 0 Å². The van der Waals surface area contributed by atoms with Crippen LogP contribution in [-0.4, -0.2) is 39.5 Å². The molecule has 1 N–H and O–H groups in total. The number of carbonyl (C=O) groups excluding carboxylic acids is 2. The van der Waals surface area contributed by atoms with Gasteiger partial charge in [0.15, 0.2) is 0 Å². The molecule has 2 amide bonds. The van der Waals surface area contributed by atoms with Gasteiger partial charge in [-0.3, -0.25) is 14.9 Å². The number of carbonyl (C=O) groups is 2. The quantitative estimate of drug-likeness (QED) is 0.606. The molecule has 0 spiro atoms. The van der Waals surface area contributed by atoms with Gasteiger partial charge in [-0.15, -0.1) is 10.2 Å². The normalized spacial score (nSPS) is 16.2. The van der Waals surface area contributed by atoms with Crippen LogP contribution in [0, 0.1) is 6.92 Å². The Hall–Kier alpha value is -3.06. The number of nitrogens with zero attached hydrogens (tertiary/aromatic N) is 3. The van der Waals surface area contributed by atoms with E-state index in [0.717, 1.165) is 17.0 Å². The maximum Gasteiger partial charge on any atom is 0.254 e. The third-order valence-corrected chi connectivity index (χ3v) is 6.66. The summed E-state index contributed by atoms with van der Waals surface area (Å²) in [6.45, 7) is 9.03. The second-order valence-corrected chi connectivity index (χ2v) is 10.2. The molecular formula is C25H28N4O2S. The predicted molar refractivity (Wildman–Crippen MR) is 128 cm³/mol. The van der Waals surface area contributed by atoms with E-state index in [2.05, 4.69) is 36.3 Å². The summed E-state index contributed by atoms with van der Waals surface area (Å²) in [6, 6.07) is 15.2. The van der Waals surface area contributed by atoms with Gasteiger partial charge in [-0.1, -0.05) is 74.1 Å². The number of aryl methyl sites for hydroxylation is 1. The first kappa shape index (κ1) is 22.1. The summed E-state index contributed by atoms with van der Waals surface area (Å²) >= 11 is 1.33. The Bertz CT molecular complexity index is 1110. The largest absolute Gasteiger partial charge is 0.327 e. The van der Waals surface area contributed by atoms with Crippen molar-refractivity contribution in [3.63, 3.8) is 0 Å². The number of benzene rings is 2. The lowest BCUT2D eigenvalue weighted by Gasteiger charge is -2.24. The smallest absolute Gasteiger partial charge is 0.254 e. The predicted octanol–water partition coefficient (Wildman–Crippen LogP) is 5.05. The summed E-state index contributed by atoms with van der Waals surface area (Å²) in [5, 5.41) is 12.4. The summed E-state index contributed by atoms with van der Waals surface area (Å²) in [6.07, 6.45) is 1.44. The van der Waals surface area contributed by atoms with E-state index >= 15 is 0 Å². The average molecular weight is 449 g/mol. The van der Waals surface area contributed by atoms with Gasteiger partial charge in [0.2, 0.25) is 11.0 Å². The molecule has 1 aliphatic rings. The number of hydrogen-bond donors (Lipinski definition) is 1. The Balaban J connectivity index is 1.44. The van der Waals surface area contributed by atoms with Gasteiger partial charge in [0.1, 0.15) is 11.0 Å². The zero-order valence-corrected chi connectivity index (χ0v) is 19.7. The van der Waals surface area contributed by atoms with Crippen molar-refractivity contribution < 1.29 is 9.59 Å². The molecule has 0 aliphatic carbocycles. The first-order chi connectivity index (χ1) is 15.2. The molecule has 1 saturated heterocycles. The highest BCUT2D eigenvalue weighted by atomic mass is 32.1. The molecule has 7 heteroatoms. The first-order valence-electron chi connectivity index (χ1n) is 10.9. The van der Waals surface area contributed by atoms with Crippen molar-refractivity contribution >= 4 is 28.3 Å². The standard InChI is InChI=1S/C25H28N4O2S/c1-16-7-9-17(10-8-16)22-27-28-24(32-22)26-21(30)20-6-5-15-29(20)23(31)18-11-13-19(14-12-18)25(2,3)4/h7-14,20H,5-6,15H2,1-4H3,(H,26,28,30). The van der Waals surface area contributed by atoms with Crippen molar-refractivity contribution in [1.82, 2.24) is 15.1 Å². The third-order valence-electron chi connectivity index (χ3n) is 5.77. The van der Waals surface area contributed by atoms with Crippen molar-refractivity contribution in [3.8, 4) is 10.6 Å². The Morgan fingerprint density at radius 3 is 2.38 bits per heavy atom. The van der Waals surface area contributed by atoms with E-state index in [0.29, 0.717) is 23.7 Å². The molecule has 0 saturated carbocycles. The lowest BCUT2D eigenvalue weighted by molar-refractivity contribution is -0.119. The number of anilines is 1. The van der Waals surface area contributed by atoms with Gasteiger partial charge in [-0.25, -0.2) is 0 Å². The summed E-state index contributed by atoms with van der Waals surface area (Å²) in [5.41, 5.74) is 3.94. The van der Waals surface area contributed by atoms with Gasteiger partial charge < -0.3 is 4.90 Å². The number of nitrogens with one attached hydrogen (secondary N) is 1. The van der Waals surface area contributed by atoms with E-state index in [1.54, 1.807) is 4.90 Å². The van der Waals surface area contributed by atoms with Crippen LogP contribution in [0.3, 0.4) is 0 Å². The summed E-state index contributed by atoms with van der Waals surface area (Å²) in [7, 11) is 0. The highest BCUT2D eigenvalue weighted by Gasteiger charge is 2.35. The van der Waals surface area contributed by atoms with Crippen LogP contribution in [-0.2, 0) is 10.2 Å². The van der Waals surface area contributed by atoms with E-state index in [-0.39, 0.29) is 17.2 Å². The molecule has 3 aromatic rings. The number of rotatable bonds is 4. The number of hydrogen-bond acceptors (Lipinski definition) is 5. The lowest BCUT2D eigenvalue weighted by atomic mass is 9.86. The van der Waals surface area contributed by atoms with Gasteiger partial charge >= 0.3 is 0 Å². The molecule has 1 aliphatic heterocycles. The van der Waals surface area contributed by atoms with Crippen LogP contribution in [0.15, 0.2) is 48.5 Å². The first-order valence-corrected chi connectivity index (χ1v) is 11.7. The zero-order chi connectivity index (χ0) is 22.9. The molecule has 1 atom stereocenters. The SMILES string of the molecule is Cc1ccc(-c2nnc(NC(=O)C3CCCN3C(=O)c3ccc(C(C)(C)C)cc3)s2)cc1. The van der Waals surface area contributed by atoms with Gasteiger partial charge in [-0.2, -0.15) is 0 Å². The van der Waals surface area contributed by atoms with E-state index in [9.17, 15) is 9.59 Å². The van der Waals surface area contributed by atoms with E-state index < -0.39 is 6.04 Å². The lowest BCUT2D eigenvalue weighted by Crippen LogP contribution is -2.43. The molecule has 1 unspecified atom stereocenters. The van der Waals surface area contributed by atoms with Crippen LogP contribution in [0.5, 0.6) is 0 Å². The fourth-order valence-corrected chi connectivity index (χ4v) is 4.59. The second kappa shape index (κ2) is 8.82. The fourth-order valence-electron chi connectivity index (χ4n) is 3.84. The molecular weight excluding hydrogens is 420 g/mol. The molecule has 1 fully saturated rings. The van der Waals surface area contributed by atoms with Gasteiger partial charge in [0.25, 0.3) is 5.91 Å².